The van der Waals surface area contributed by atoms with Gasteiger partial charge in [0.25, 0.3) is 11.8 Å². The molecular weight excluding hydrogens is 343 g/mol. The van der Waals surface area contributed by atoms with Gasteiger partial charge in [-0.1, -0.05) is 0 Å². The number of furan rings is 1. The van der Waals surface area contributed by atoms with Crippen LogP contribution in [0.1, 0.15) is 44.1 Å². The number of rotatable bonds is 4. The molecule has 0 saturated carbocycles. The van der Waals surface area contributed by atoms with Crippen molar-refractivity contribution >= 4 is 17.8 Å². The third kappa shape index (κ3) is 3.90. The number of amides is 2. The van der Waals surface area contributed by atoms with Gasteiger partial charge < -0.3 is 19.7 Å². The number of carbonyl (C=O) groups is 3. The van der Waals surface area contributed by atoms with Gasteiger partial charge in [0, 0.05) is 30.8 Å². The van der Waals surface area contributed by atoms with Gasteiger partial charge in [0.05, 0.1) is 5.56 Å². The number of carboxylic acids is 1. The summed E-state index contributed by atoms with van der Waals surface area (Å²) in [6, 6.07) is 6.39. The number of benzene rings is 1. The molecule has 0 radical (unpaired) electrons. The van der Waals surface area contributed by atoms with Crippen molar-refractivity contribution in [3.05, 3.63) is 59.3 Å². The number of piperidine rings is 1. The number of hydrogen-bond acceptors (Lipinski definition) is 4. The summed E-state index contributed by atoms with van der Waals surface area (Å²) >= 11 is 0. The smallest absolute Gasteiger partial charge is 0.338 e. The average Bonchev–Trinajstić information content (AvgIpc) is 3.13. The highest BCUT2D eigenvalue weighted by molar-refractivity contribution is 5.96. The zero-order valence-electron chi connectivity index (χ0n) is 13.8. The summed E-state index contributed by atoms with van der Waals surface area (Å²) in [6.45, 7) is 0.826. The van der Waals surface area contributed by atoms with Crippen molar-refractivity contribution in [2.24, 2.45) is 0 Å². The molecule has 7 nitrogen and oxygen atoms in total. The van der Waals surface area contributed by atoms with Crippen molar-refractivity contribution in [1.82, 2.24) is 10.2 Å². The standard InChI is InChI=1S/C18H17FN2O5/c19-13-3-1-11(2-4-13)16(22)20-14-5-7-21(8-6-14)17(23)15-9-12(10-26-15)18(24)25/h1-4,9-10,14H,5-8H2,(H,20,22)(H,24,25). The maximum Gasteiger partial charge on any atom is 0.338 e. The maximum absolute atomic E-state index is 12.9. The normalized spacial score (nSPS) is 14.9. The van der Waals surface area contributed by atoms with Crippen LogP contribution in [0.3, 0.4) is 0 Å². The fraction of sp³-hybridized carbons (Fsp3) is 0.278. The minimum absolute atomic E-state index is 0.0174. The van der Waals surface area contributed by atoms with Gasteiger partial charge >= 0.3 is 5.97 Å². The summed E-state index contributed by atoms with van der Waals surface area (Å²) in [5.41, 5.74) is 0.302. The number of halogens is 1. The van der Waals surface area contributed by atoms with Gasteiger partial charge in [0.2, 0.25) is 0 Å². The zero-order chi connectivity index (χ0) is 18.7. The first-order valence-electron chi connectivity index (χ1n) is 8.11. The van der Waals surface area contributed by atoms with Crippen LogP contribution in [0.25, 0.3) is 0 Å². The van der Waals surface area contributed by atoms with Crippen molar-refractivity contribution in [3.63, 3.8) is 0 Å². The molecule has 1 aliphatic heterocycles. The number of likely N-dealkylation sites (tertiary alicyclic amines) is 1. The van der Waals surface area contributed by atoms with Crippen molar-refractivity contribution in [2.75, 3.05) is 13.1 Å². The molecule has 3 rings (SSSR count). The van der Waals surface area contributed by atoms with E-state index < -0.39 is 11.8 Å². The molecule has 1 fully saturated rings. The van der Waals surface area contributed by atoms with Gasteiger partial charge in [-0.15, -0.1) is 0 Å². The van der Waals surface area contributed by atoms with Crippen molar-refractivity contribution in [1.29, 1.82) is 0 Å². The second kappa shape index (κ2) is 7.38. The van der Waals surface area contributed by atoms with Gasteiger partial charge in [-0.3, -0.25) is 9.59 Å². The van der Waals surface area contributed by atoms with Crippen LogP contribution >= 0.6 is 0 Å². The van der Waals surface area contributed by atoms with E-state index >= 15 is 0 Å². The van der Waals surface area contributed by atoms with Crippen LogP contribution in [0.15, 0.2) is 41.0 Å². The van der Waals surface area contributed by atoms with Crippen molar-refractivity contribution in [2.45, 2.75) is 18.9 Å². The third-order valence-electron chi connectivity index (χ3n) is 4.28. The van der Waals surface area contributed by atoms with Crippen LogP contribution in [0, 0.1) is 5.82 Å². The van der Waals surface area contributed by atoms with Gasteiger partial charge in [-0.05, 0) is 37.1 Å². The van der Waals surface area contributed by atoms with E-state index in [0.717, 1.165) is 6.26 Å². The second-order valence-electron chi connectivity index (χ2n) is 6.05. The minimum atomic E-state index is -1.16. The predicted octanol–water partition coefficient (Wildman–Crippen LogP) is 2.15. The summed E-state index contributed by atoms with van der Waals surface area (Å²) in [4.78, 5) is 36.9. The Balaban J connectivity index is 1.53. The number of carbonyl (C=O) groups excluding carboxylic acids is 2. The summed E-state index contributed by atoms with van der Waals surface area (Å²) in [6.07, 6.45) is 2.15. The van der Waals surface area contributed by atoms with Crippen molar-refractivity contribution < 1.29 is 28.3 Å². The lowest BCUT2D eigenvalue weighted by molar-refractivity contribution is 0.0664. The van der Waals surface area contributed by atoms with Crippen molar-refractivity contribution in [3.8, 4) is 0 Å². The number of nitrogens with one attached hydrogen (secondary N) is 1. The molecule has 0 unspecified atom stereocenters. The SMILES string of the molecule is O=C(O)c1coc(C(=O)N2CCC(NC(=O)c3ccc(F)cc3)CC2)c1. The second-order valence-corrected chi connectivity index (χ2v) is 6.05. The summed E-state index contributed by atoms with van der Waals surface area (Å²) in [5, 5.41) is 11.7. The first-order chi connectivity index (χ1) is 12.4. The van der Waals surface area contributed by atoms with E-state index in [-0.39, 0.29) is 29.2 Å². The molecule has 2 amide bonds. The predicted molar refractivity (Wildman–Crippen MR) is 88.5 cm³/mol. The number of hydrogen-bond donors (Lipinski definition) is 2. The number of carboxylic acid groups (broad SMARTS) is 1. The average molecular weight is 360 g/mol. The first-order valence-corrected chi connectivity index (χ1v) is 8.11. The molecule has 2 heterocycles. The fourth-order valence-corrected chi connectivity index (χ4v) is 2.81. The minimum Gasteiger partial charge on any atom is -0.478 e. The van der Waals surface area contributed by atoms with Crippen LogP contribution in [-0.4, -0.2) is 46.9 Å². The van der Waals surface area contributed by atoms with Crippen LogP contribution in [0.4, 0.5) is 4.39 Å². The van der Waals surface area contributed by atoms with Crippen LogP contribution < -0.4 is 5.32 Å². The topological polar surface area (TPSA) is 99.8 Å². The van der Waals surface area contributed by atoms with E-state index in [4.69, 9.17) is 9.52 Å². The largest absolute Gasteiger partial charge is 0.478 e. The number of nitrogens with zero attached hydrogens (tertiary/aromatic N) is 1. The quantitative estimate of drug-likeness (QED) is 0.870. The van der Waals surface area contributed by atoms with Crippen LogP contribution in [0.2, 0.25) is 0 Å². The first kappa shape index (κ1) is 17.7. The lowest BCUT2D eigenvalue weighted by Crippen LogP contribution is -2.46. The third-order valence-corrected chi connectivity index (χ3v) is 4.28. The van der Waals surface area contributed by atoms with Crippen LogP contribution in [0.5, 0.6) is 0 Å². The molecule has 0 bridgehead atoms. The van der Waals surface area contributed by atoms with E-state index in [1.165, 1.54) is 30.3 Å². The Kier molecular flexibility index (Phi) is 5.01. The van der Waals surface area contributed by atoms with Gasteiger partial charge in [0.15, 0.2) is 5.76 Å². The molecule has 2 N–H and O–H groups in total. The fourth-order valence-electron chi connectivity index (χ4n) is 2.81. The summed E-state index contributed by atoms with van der Waals surface area (Å²) in [7, 11) is 0. The highest BCUT2D eigenvalue weighted by Crippen LogP contribution is 2.16. The molecule has 136 valence electrons. The Morgan fingerprint density at radius 1 is 1.12 bits per heavy atom. The monoisotopic (exact) mass is 360 g/mol. The Morgan fingerprint density at radius 3 is 2.35 bits per heavy atom. The molecule has 8 heteroatoms. The summed E-state index contributed by atoms with van der Waals surface area (Å²) < 4.78 is 17.9. The summed E-state index contributed by atoms with van der Waals surface area (Å²) in [5.74, 6) is -2.24. The molecule has 0 aliphatic carbocycles. The van der Waals surface area contributed by atoms with Gasteiger partial charge in [-0.2, -0.15) is 0 Å². The van der Waals surface area contributed by atoms with Crippen LogP contribution in [-0.2, 0) is 0 Å². The molecule has 26 heavy (non-hydrogen) atoms. The molecule has 1 saturated heterocycles. The van der Waals surface area contributed by atoms with Gasteiger partial charge in [-0.25, -0.2) is 9.18 Å². The van der Waals surface area contributed by atoms with E-state index in [1.54, 1.807) is 4.90 Å². The number of aromatic carboxylic acids is 1. The lowest BCUT2D eigenvalue weighted by Gasteiger charge is -2.31. The molecule has 0 spiro atoms. The zero-order valence-corrected chi connectivity index (χ0v) is 13.8. The Bertz CT molecular complexity index is 822. The molecule has 1 aromatic carbocycles. The molecule has 2 aromatic rings. The van der Waals surface area contributed by atoms with Gasteiger partial charge in [0.1, 0.15) is 12.1 Å². The molecular formula is C18H17FN2O5. The van der Waals surface area contributed by atoms with E-state index in [9.17, 15) is 18.8 Å². The Labute approximate surface area is 148 Å². The molecule has 0 atom stereocenters. The van der Waals surface area contributed by atoms with E-state index in [2.05, 4.69) is 5.32 Å². The lowest BCUT2D eigenvalue weighted by atomic mass is 10.0. The molecule has 1 aromatic heterocycles. The highest BCUT2D eigenvalue weighted by atomic mass is 19.1. The Hall–Kier alpha value is -3.16. The molecule has 1 aliphatic rings. The van der Waals surface area contributed by atoms with E-state index in [1.807, 2.05) is 0 Å². The van der Waals surface area contributed by atoms with E-state index in [0.29, 0.717) is 31.5 Å². The maximum atomic E-state index is 12.9. The Morgan fingerprint density at radius 2 is 1.77 bits per heavy atom. The highest BCUT2D eigenvalue weighted by Gasteiger charge is 2.27.